The van der Waals surface area contributed by atoms with Gasteiger partial charge in [-0.15, -0.1) is 0 Å². The quantitative estimate of drug-likeness (QED) is 0.700. The van der Waals surface area contributed by atoms with Crippen LogP contribution in [0.1, 0.15) is 35.4 Å². The molecule has 2 aromatic carbocycles. The molecular weight excluding hydrogens is 338 g/mol. The number of methoxy groups -OCH3 is 1. The summed E-state index contributed by atoms with van der Waals surface area (Å²) in [6.07, 6.45) is 4.07. The minimum Gasteiger partial charge on any atom is -0.493 e. The molecule has 5 heteroatoms. The number of ether oxygens (including phenoxy) is 2. The molecule has 0 aliphatic carbocycles. The van der Waals surface area contributed by atoms with Crippen LogP contribution < -0.4 is 9.47 Å². The van der Waals surface area contributed by atoms with Gasteiger partial charge in [-0.3, -0.25) is 4.98 Å². The molecule has 1 aromatic heterocycles. The maximum atomic E-state index is 6.40. The molecule has 0 saturated heterocycles. The van der Waals surface area contributed by atoms with Crippen molar-refractivity contribution >= 4 is 5.71 Å². The van der Waals surface area contributed by atoms with E-state index in [9.17, 15) is 0 Å². The zero-order valence-electron chi connectivity index (χ0n) is 14.9. The van der Waals surface area contributed by atoms with Gasteiger partial charge >= 0.3 is 0 Å². The topological polar surface area (TPSA) is 47.0 Å². The van der Waals surface area contributed by atoms with Crippen LogP contribution in [-0.2, 0) is 0 Å². The Morgan fingerprint density at radius 1 is 1.00 bits per heavy atom. The van der Waals surface area contributed by atoms with Gasteiger partial charge in [-0.05, 0) is 23.8 Å². The van der Waals surface area contributed by atoms with Gasteiger partial charge in [0.1, 0.15) is 0 Å². The highest BCUT2D eigenvalue weighted by molar-refractivity contribution is 6.01. The first-order valence-corrected chi connectivity index (χ1v) is 9.00. The fourth-order valence-electron chi connectivity index (χ4n) is 3.80. The predicted molar refractivity (Wildman–Crippen MR) is 103 cm³/mol. The summed E-state index contributed by atoms with van der Waals surface area (Å²) in [4.78, 5) is 4.13. The van der Waals surface area contributed by atoms with Crippen LogP contribution >= 0.6 is 0 Å². The normalized spacial score (nSPS) is 20.3. The van der Waals surface area contributed by atoms with Gasteiger partial charge in [0, 0.05) is 29.9 Å². The van der Waals surface area contributed by atoms with Crippen LogP contribution in [0.15, 0.2) is 78.2 Å². The summed E-state index contributed by atoms with van der Waals surface area (Å²) in [5, 5.41) is 7.03. The van der Waals surface area contributed by atoms with Crippen LogP contribution in [0.4, 0.5) is 0 Å². The Labute approximate surface area is 157 Å². The van der Waals surface area contributed by atoms with E-state index in [0.717, 1.165) is 40.3 Å². The Bertz CT molecular complexity index is 989. The van der Waals surface area contributed by atoms with E-state index in [-0.39, 0.29) is 12.3 Å². The van der Waals surface area contributed by atoms with Gasteiger partial charge in [-0.25, -0.2) is 5.01 Å². The largest absolute Gasteiger partial charge is 0.493 e. The first-order chi connectivity index (χ1) is 13.3. The lowest BCUT2D eigenvalue weighted by Gasteiger charge is -2.38. The first-order valence-electron chi connectivity index (χ1n) is 9.00. The second kappa shape index (κ2) is 6.43. The van der Waals surface area contributed by atoms with Crippen LogP contribution in [0, 0.1) is 0 Å². The van der Waals surface area contributed by atoms with Gasteiger partial charge in [0.25, 0.3) is 0 Å². The highest BCUT2D eigenvalue weighted by Gasteiger charge is 2.42. The number of hydrogen-bond acceptors (Lipinski definition) is 5. The minimum absolute atomic E-state index is 0.109. The average molecular weight is 357 g/mol. The van der Waals surface area contributed by atoms with Gasteiger partial charge in [0.2, 0.25) is 6.23 Å². The lowest BCUT2D eigenvalue weighted by atomic mass is 9.95. The molecule has 2 aliphatic rings. The lowest BCUT2D eigenvalue weighted by Crippen LogP contribution is -2.33. The van der Waals surface area contributed by atoms with Gasteiger partial charge in [0.05, 0.1) is 18.9 Å². The van der Waals surface area contributed by atoms with E-state index >= 15 is 0 Å². The molecule has 5 rings (SSSR count). The van der Waals surface area contributed by atoms with Crippen LogP contribution in [-0.4, -0.2) is 22.8 Å². The van der Waals surface area contributed by atoms with Crippen molar-refractivity contribution in [3.8, 4) is 11.5 Å². The number of nitrogens with zero attached hydrogens (tertiary/aromatic N) is 3. The smallest absolute Gasteiger partial charge is 0.214 e. The molecule has 2 aliphatic heterocycles. The third-order valence-electron chi connectivity index (χ3n) is 5.10. The third-order valence-corrected chi connectivity index (χ3v) is 5.10. The van der Waals surface area contributed by atoms with E-state index in [4.69, 9.17) is 14.6 Å². The van der Waals surface area contributed by atoms with E-state index in [2.05, 4.69) is 28.2 Å². The Morgan fingerprint density at radius 3 is 2.59 bits per heavy atom. The number of pyridine rings is 1. The Hall–Kier alpha value is -3.34. The summed E-state index contributed by atoms with van der Waals surface area (Å²) in [6.45, 7) is 0. The Kier molecular flexibility index (Phi) is 3.78. The highest BCUT2D eigenvalue weighted by Crippen LogP contribution is 2.50. The van der Waals surface area contributed by atoms with E-state index in [0.29, 0.717) is 0 Å². The van der Waals surface area contributed by atoms with E-state index < -0.39 is 0 Å². The molecule has 3 aromatic rings. The fraction of sp³-hybridized carbons (Fsp3) is 0.182. The average Bonchev–Trinajstić information content (AvgIpc) is 3.20. The molecule has 3 heterocycles. The second-order valence-electron chi connectivity index (χ2n) is 6.64. The zero-order valence-corrected chi connectivity index (χ0v) is 14.9. The molecule has 0 saturated carbocycles. The van der Waals surface area contributed by atoms with Crippen LogP contribution in [0.5, 0.6) is 11.5 Å². The molecule has 0 unspecified atom stereocenters. The first kappa shape index (κ1) is 15.9. The SMILES string of the molecule is COc1cccc2c1O[C@@H](c1ccncc1)N1N=C(c3ccccc3)C[C@H]21. The number of hydrazone groups is 1. The molecule has 0 spiro atoms. The fourth-order valence-corrected chi connectivity index (χ4v) is 3.80. The molecule has 27 heavy (non-hydrogen) atoms. The zero-order chi connectivity index (χ0) is 18.2. The van der Waals surface area contributed by atoms with Crippen molar-refractivity contribution in [3.63, 3.8) is 0 Å². The number of fused-ring (bicyclic) bond motifs is 3. The van der Waals surface area contributed by atoms with Crippen molar-refractivity contribution in [2.45, 2.75) is 18.7 Å². The molecular formula is C22H19N3O2. The molecule has 5 nitrogen and oxygen atoms in total. The summed E-state index contributed by atoms with van der Waals surface area (Å²) >= 11 is 0. The Morgan fingerprint density at radius 2 is 1.81 bits per heavy atom. The maximum Gasteiger partial charge on any atom is 0.214 e. The molecule has 0 N–H and O–H groups in total. The standard InChI is InChI=1S/C22H19N3O2/c1-26-20-9-5-8-17-19-14-18(15-6-3-2-4-7-15)24-25(19)22(27-21(17)20)16-10-12-23-13-11-16/h2-13,19,22H,14H2,1H3/t19-,22+/m1/s1. The van der Waals surface area contributed by atoms with Gasteiger partial charge in [-0.2, -0.15) is 5.10 Å². The summed E-state index contributed by atoms with van der Waals surface area (Å²) in [5.74, 6) is 1.55. The summed E-state index contributed by atoms with van der Waals surface area (Å²) in [5.41, 5.74) is 4.34. The molecule has 134 valence electrons. The number of hydrogen-bond donors (Lipinski definition) is 0. The van der Waals surface area contributed by atoms with E-state index in [1.165, 1.54) is 0 Å². The van der Waals surface area contributed by atoms with Crippen molar-refractivity contribution in [2.75, 3.05) is 7.11 Å². The molecule has 0 radical (unpaired) electrons. The Balaban J connectivity index is 1.63. The van der Waals surface area contributed by atoms with Crippen molar-refractivity contribution < 1.29 is 9.47 Å². The lowest BCUT2D eigenvalue weighted by molar-refractivity contribution is -0.0209. The van der Waals surface area contributed by atoms with Gasteiger partial charge in [-0.1, -0.05) is 42.5 Å². The maximum absolute atomic E-state index is 6.40. The second-order valence-corrected chi connectivity index (χ2v) is 6.64. The number of aromatic nitrogens is 1. The molecule has 2 atom stereocenters. The van der Waals surface area contributed by atoms with E-state index in [1.54, 1.807) is 19.5 Å². The van der Waals surface area contributed by atoms with Crippen molar-refractivity contribution in [2.24, 2.45) is 5.10 Å². The number of para-hydroxylation sites is 1. The van der Waals surface area contributed by atoms with E-state index in [1.807, 2.05) is 42.5 Å². The van der Waals surface area contributed by atoms with Crippen molar-refractivity contribution in [1.82, 2.24) is 9.99 Å². The number of benzene rings is 2. The van der Waals surface area contributed by atoms with Gasteiger partial charge < -0.3 is 9.47 Å². The van der Waals surface area contributed by atoms with Crippen LogP contribution in [0.2, 0.25) is 0 Å². The minimum atomic E-state index is -0.317. The monoisotopic (exact) mass is 357 g/mol. The van der Waals surface area contributed by atoms with Gasteiger partial charge in [0.15, 0.2) is 11.5 Å². The summed E-state index contributed by atoms with van der Waals surface area (Å²) in [6, 6.07) is 20.4. The molecule has 0 bridgehead atoms. The third kappa shape index (κ3) is 2.63. The summed E-state index contributed by atoms with van der Waals surface area (Å²) in [7, 11) is 1.67. The van der Waals surface area contributed by atoms with Crippen molar-refractivity contribution in [1.29, 1.82) is 0 Å². The van der Waals surface area contributed by atoms with Crippen LogP contribution in [0.3, 0.4) is 0 Å². The highest BCUT2D eigenvalue weighted by atomic mass is 16.5. The van der Waals surface area contributed by atoms with Crippen LogP contribution in [0.25, 0.3) is 0 Å². The molecule has 0 amide bonds. The summed E-state index contributed by atoms with van der Waals surface area (Å²) < 4.78 is 12.0. The molecule has 0 fully saturated rings. The predicted octanol–water partition coefficient (Wildman–Crippen LogP) is 4.33. The van der Waals surface area contributed by atoms with Crippen molar-refractivity contribution in [3.05, 3.63) is 89.7 Å². The number of rotatable bonds is 3.